The quantitative estimate of drug-likeness (QED) is 0.915. The molecule has 3 nitrogen and oxygen atoms in total. The van der Waals surface area contributed by atoms with Gasteiger partial charge in [0.15, 0.2) is 0 Å². The number of nitrogens with one attached hydrogen (secondary N) is 1. The maximum absolute atomic E-state index is 5.94. The molecule has 3 rings (SSSR count). The maximum atomic E-state index is 5.94. The minimum absolute atomic E-state index is 0.282. The Morgan fingerprint density at radius 1 is 1.25 bits per heavy atom. The van der Waals surface area contributed by atoms with Gasteiger partial charge in [-0.1, -0.05) is 6.07 Å². The highest BCUT2D eigenvalue weighted by atomic mass is 16.5. The zero-order chi connectivity index (χ0) is 13.8. The highest BCUT2D eigenvalue weighted by molar-refractivity contribution is 5.39. The number of aryl methyl sites for hydroxylation is 1. The molecule has 2 atom stereocenters. The third-order valence-corrected chi connectivity index (χ3v) is 4.49. The number of ether oxygens (including phenoxy) is 2. The molecule has 1 aromatic carbocycles. The van der Waals surface area contributed by atoms with E-state index in [0.717, 1.165) is 18.8 Å². The molecule has 0 bridgehead atoms. The molecule has 1 heterocycles. The van der Waals surface area contributed by atoms with Crippen LogP contribution in [-0.2, 0) is 11.2 Å². The Balaban J connectivity index is 1.63. The Kier molecular flexibility index (Phi) is 4.58. The van der Waals surface area contributed by atoms with E-state index in [2.05, 4.69) is 23.5 Å². The van der Waals surface area contributed by atoms with E-state index in [1.807, 2.05) is 7.05 Å². The summed E-state index contributed by atoms with van der Waals surface area (Å²) in [5.41, 5.74) is 2.89. The van der Waals surface area contributed by atoms with Gasteiger partial charge in [0.05, 0.1) is 6.10 Å². The van der Waals surface area contributed by atoms with Crippen LogP contribution in [-0.4, -0.2) is 26.4 Å². The lowest BCUT2D eigenvalue weighted by Gasteiger charge is -2.26. The molecule has 0 saturated carbocycles. The second-order valence-corrected chi connectivity index (χ2v) is 5.89. The number of rotatable bonds is 4. The van der Waals surface area contributed by atoms with Gasteiger partial charge in [-0.05, 0) is 68.8 Å². The molecule has 0 amide bonds. The van der Waals surface area contributed by atoms with E-state index in [1.54, 1.807) is 0 Å². The summed E-state index contributed by atoms with van der Waals surface area (Å²) in [5.74, 6) is 0.995. The average Bonchev–Trinajstić information content (AvgIpc) is 2.53. The van der Waals surface area contributed by atoms with Crippen LogP contribution in [0.2, 0.25) is 0 Å². The third-order valence-electron chi connectivity index (χ3n) is 4.49. The third kappa shape index (κ3) is 3.15. The minimum atomic E-state index is 0.282. The van der Waals surface area contributed by atoms with Crippen molar-refractivity contribution >= 4 is 0 Å². The standard InChI is InChI=1S/C17H25NO2/c1-18-17-7-4-5-13-11-14(8-9-16(13)17)20-12-15-6-2-3-10-19-15/h8-9,11,15,17-18H,2-7,10,12H2,1H3. The monoisotopic (exact) mass is 275 g/mol. The van der Waals surface area contributed by atoms with Crippen LogP contribution in [0.25, 0.3) is 0 Å². The summed E-state index contributed by atoms with van der Waals surface area (Å²) in [6.07, 6.45) is 7.54. The van der Waals surface area contributed by atoms with Gasteiger partial charge in [-0.15, -0.1) is 0 Å². The van der Waals surface area contributed by atoms with Crippen LogP contribution in [0.4, 0.5) is 0 Å². The SMILES string of the molecule is CNC1CCCc2cc(OCC3CCCCO3)ccc21. The van der Waals surface area contributed by atoms with Gasteiger partial charge in [0, 0.05) is 12.6 Å². The highest BCUT2D eigenvalue weighted by Crippen LogP contribution is 2.32. The molecule has 0 radical (unpaired) electrons. The van der Waals surface area contributed by atoms with Crippen LogP contribution in [0.1, 0.15) is 49.3 Å². The lowest BCUT2D eigenvalue weighted by molar-refractivity contribution is -0.0110. The van der Waals surface area contributed by atoms with Gasteiger partial charge in [-0.25, -0.2) is 0 Å². The largest absolute Gasteiger partial charge is 0.491 e. The molecule has 1 aliphatic carbocycles. The van der Waals surface area contributed by atoms with Crippen molar-refractivity contribution in [1.29, 1.82) is 0 Å². The molecule has 3 heteroatoms. The van der Waals surface area contributed by atoms with Crippen molar-refractivity contribution in [2.75, 3.05) is 20.3 Å². The molecule has 1 saturated heterocycles. The summed E-state index contributed by atoms with van der Waals surface area (Å²) in [4.78, 5) is 0. The predicted molar refractivity (Wildman–Crippen MR) is 80.3 cm³/mol. The molecule has 2 aliphatic rings. The Morgan fingerprint density at radius 2 is 2.20 bits per heavy atom. The Bertz CT molecular complexity index is 441. The summed E-state index contributed by atoms with van der Waals surface area (Å²) in [7, 11) is 2.05. The Hall–Kier alpha value is -1.06. The molecule has 1 aromatic rings. The highest BCUT2D eigenvalue weighted by Gasteiger charge is 2.19. The molecule has 1 N–H and O–H groups in total. The van der Waals surface area contributed by atoms with Crippen molar-refractivity contribution < 1.29 is 9.47 Å². The Labute approximate surface area is 121 Å². The summed E-state index contributed by atoms with van der Waals surface area (Å²) in [6.45, 7) is 1.58. The fraction of sp³-hybridized carbons (Fsp3) is 0.647. The topological polar surface area (TPSA) is 30.5 Å². The molecule has 1 aliphatic heterocycles. The molecule has 20 heavy (non-hydrogen) atoms. The van der Waals surface area contributed by atoms with Crippen LogP contribution in [0.15, 0.2) is 18.2 Å². The van der Waals surface area contributed by atoms with Crippen molar-refractivity contribution in [2.45, 2.75) is 50.7 Å². The summed E-state index contributed by atoms with van der Waals surface area (Å²) < 4.78 is 11.6. The van der Waals surface area contributed by atoms with E-state index in [4.69, 9.17) is 9.47 Å². The molecule has 0 aromatic heterocycles. The molecule has 110 valence electrons. The Morgan fingerprint density at radius 3 is 3.00 bits per heavy atom. The first kappa shape index (κ1) is 13.9. The van der Waals surface area contributed by atoms with E-state index in [0.29, 0.717) is 12.6 Å². The minimum Gasteiger partial charge on any atom is -0.491 e. The number of hydrogen-bond donors (Lipinski definition) is 1. The lowest BCUT2D eigenvalue weighted by atomic mass is 9.87. The van der Waals surface area contributed by atoms with Gasteiger partial charge in [-0.2, -0.15) is 0 Å². The molecule has 0 spiro atoms. The predicted octanol–water partition coefficient (Wildman–Crippen LogP) is 3.23. The van der Waals surface area contributed by atoms with Crippen LogP contribution in [0, 0.1) is 0 Å². The number of benzene rings is 1. The molecular formula is C17H25NO2. The second kappa shape index (κ2) is 6.59. The first-order valence-electron chi connectivity index (χ1n) is 7.91. The summed E-state index contributed by atoms with van der Waals surface area (Å²) in [6, 6.07) is 7.07. The lowest BCUT2D eigenvalue weighted by Crippen LogP contribution is -2.26. The van der Waals surface area contributed by atoms with Crippen LogP contribution >= 0.6 is 0 Å². The van der Waals surface area contributed by atoms with Gasteiger partial charge in [0.2, 0.25) is 0 Å². The zero-order valence-electron chi connectivity index (χ0n) is 12.4. The fourth-order valence-electron chi connectivity index (χ4n) is 3.31. The van der Waals surface area contributed by atoms with Crippen LogP contribution < -0.4 is 10.1 Å². The van der Waals surface area contributed by atoms with Gasteiger partial charge < -0.3 is 14.8 Å². The summed E-state index contributed by atoms with van der Waals surface area (Å²) >= 11 is 0. The summed E-state index contributed by atoms with van der Waals surface area (Å²) in [5, 5.41) is 3.40. The van der Waals surface area contributed by atoms with E-state index in [1.165, 1.54) is 43.2 Å². The number of hydrogen-bond acceptors (Lipinski definition) is 3. The van der Waals surface area contributed by atoms with Crippen molar-refractivity contribution in [1.82, 2.24) is 5.32 Å². The van der Waals surface area contributed by atoms with Crippen molar-refractivity contribution in [3.63, 3.8) is 0 Å². The van der Waals surface area contributed by atoms with Gasteiger partial charge in [0.1, 0.15) is 12.4 Å². The van der Waals surface area contributed by atoms with Crippen LogP contribution in [0.3, 0.4) is 0 Å². The fourth-order valence-corrected chi connectivity index (χ4v) is 3.31. The molecule has 2 unspecified atom stereocenters. The zero-order valence-corrected chi connectivity index (χ0v) is 12.4. The van der Waals surface area contributed by atoms with Crippen LogP contribution in [0.5, 0.6) is 5.75 Å². The van der Waals surface area contributed by atoms with E-state index >= 15 is 0 Å². The van der Waals surface area contributed by atoms with Crippen molar-refractivity contribution in [2.24, 2.45) is 0 Å². The van der Waals surface area contributed by atoms with Crippen molar-refractivity contribution in [3.05, 3.63) is 29.3 Å². The average molecular weight is 275 g/mol. The maximum Gasteiger partial charge on any atom is 0.119 e. The normalized spacial score (nSPS) is 26.1. The number of fused-ring (bicyclic) bond motifs is 1. The van der Waals surface area contributed by atoms with E-state index < -0.39 is 0 Å². The first-order chi connectivity index (χ1) is 9.86. The van der Waals surface area contributed by atoms with Gasteiger partial charge in [-0.3, -0.25) is 0 Å². The molecular weight excluding hydrogens is 250 g/mol. The van der Waals surface area contributed by atoms with E-state index in [9.17, 15) is 0 Å². The molecule has 1 fully saturated rings. The van der Waals surface area contributed by atoms with Gasteiger partial charge >= 0.3 is 0 Å². The smallest absolute Gasteiger partial charge is 0.119 e. The van der Waals surface area contributed by atoms with Gasteiger partial charge in [0.25, 0.3) is 0 Å². The second-order valence-electron chi connectivity index (χ2n) is 5.89. The van der Waals surface area contributed by atoms with E-state index in [-0.39, 0.29) is 6.10 Å². The van der Waals surface area contributed by atoms with Crippen molar-refractivity contribution in [3.8, 4) is 5.75 Å². The first-order valence-corrected chi connectivity index (χ1v) is 7.91.